The number of hydrogen-bond acceptors (Lipinski definition) is 7. The molecule has 9 nitrogen and oxygen atoms in total. The number of rotatable bonds is 9. The van der Waals surface area contributed by atoms with E-state index in [2.05, 4.69) is 15.3 Å². The molecule has 0 amide bonds. The Balaban J connectivity index is 1.34. The van der Waals surface area contributed by atoms with Crippen molar-refractivity contribution in [1.29, 1.82) is 0 Å². The number of benzene rings is 2. The van der Waals surface area contributed by atoms with Crippen molar-refractivity contribution in [3.05, 3.63) is 141 Å². The van der Waals surface area contributed by atoms with E-state index >= 15 is 0 Å². The molecule has 1 unspecified atom stereocenters. The highest BCUT2D eigenvalue weighted by atomic mass is 16.6. The van der Waals surface area contributed by atoms with Crippen molar-refractivity contribution in [2.24, 2.45) is 0 Å². The molecule has 4 aromatic rings. The number of aromatic nitrogens is 2. The number of furan rings is 1. The monoisotopic (exact) mass is 536 g/mol. The maximum absolute atomic E-state index is 13.5. The average molecular weight is 537 g/mol. The maximum atomic E-state index is 13.5. The lowest BCUT2D eigenvalue weighted by atomic mass is 9.79. The first-order valence-corrected chi connectivity index (χ1v) is 12.8. The van der Waals surface area contributed by atoms with Crippen LogP contribution in [-0.2, 0) is 16.0 Å². The van der Waals surface area contributed by atoms with Gasteiger partial charge in [0.2, 0.25) is 0 Å². The van der Waals surface area contributed by atoms with Crippen LogP contribution in [0, 0.1) is 10.1 Å². The number of carbonyl (C=O) groups is 1. The Kier molecular flexibility index (Phi) is 7.72. The Bertz CT molecular complexity index is 1600. The number of H-pyrrole nitrogens is 1. The highest BCUT2D eigenvalue weighted by molar-refractivity contribution is 5.97. The third kappa shape index (κ3) is 5.78. The summed E-state index contributed by atoms with van der Waals surface area (Å²) in [6, 6.07) is 17.9. The van der Waals surface area contributed by atoms with Crippen LogP contribution in [0.15, 0.2) is 107 Å². The molecular weight excluding hydrogens is 508 g/mol. The van der Waals surface area contributed by atoms with E-state index in [1.165, 1.54) is 12.1 Å². The summed E-state index contributed by atoms with van der Waals surface area (Å²) in [6.07, 6.45) is 9.48. The van der Waals surface area contributed by atoms with Crippen LogP contribution in [-0.4, -0.2) is 27.5 Å². The first-order chi connectivity index (χ1) is 19.4. The summed E-state index contributed by atoms with van der Waals surface area (Å²) in [5.41, 5.74) is 5.13. The molecule has 2 aromatic carbocycles. The normalized spacial score (nSPS) is 15.4. The molecule has 9 heteroatoms. The summed E-state index contributed by atoms with van der Waals surface area (Å²) in [4.78, 5) is 31.9. The molecule has 40 heavy (non-hydrogen) atoms. The number of hydrogen-bond donors (Lipinski definition) is 2. The third-order valence-corrected chi connectivity index (χ3v) is 6.71. The Labute approximate surface area is 231 Å². The van der Waals surface area contributed by atoms with Crippen molar-refractivity contribution in [3.8, 4) is 0 Å². The topological polar surface area (TPSA) is 123 Å². The molecule has 3 heterocycles. The Morgan fingerprint density at radius 1 is 1.12 bits per heavy atom. The summed E-state index contributed by atoms with van der Waals surface area (Å²) < 4.78 is 11.4. The number of nitrogens with one attached hydrogen (secondary N) is 2. The van der Waals surface area contributed by atoms with E-state index in [0.29, 0.717) is 28.2 Å². The molecule has 1 aliphatic rings. The van der Waals surface area contributed by atoms with E-state index in [-0.39, 0.29) is 12.3 Å². The average Bonchev–Trinajstić information content (AvgIpc) is 3.66. The Morgan fingerprint density at radius 2 is 1.95 bits per heavy atom. The largest absolute Gasteiger partial charge is 0.465 e. The number of carbonyl (C=O) groups excluding carboxylic acids is 1. The van der Waals surface area contributed by atoms with Gasteiger partial charge in [-0.15, -0.1) is 0 Å². The van der Waals surface area contributed by atoms with E-state index in [4.69, 9.17) is 9.15 Å². The van der Waals surface area contributed by atoms with Gasteiger partial charge in [-0.1, -0.05) is 42.5 Å². The SMILES string of the molecule is CC1=C(C(=O)OCC=Cc2ccc(Cc3ncc[nH]3)cc2)C(c2cccc([N+](=O)[O-])c2)C(c2ccco2)=C(C)N1. The number of non-ortho nitro benzene ring substituents is 1. The lowest BCUT2D eigenvalue weighted by Crippen LogP contribution is -2.28. The van der Waals surface area contributed by atoms with Crippen LogP contribution < -0.4 is 5.32 Å². The van der Waals surface area contributed by atoms with Gasteiger partial charge < -0.3 is 19.5 Å². The molecule has 1 atom stereocenters. The first kappa shape index (κ1) is 26.4. The quantitative estimate of drug-likeness (QED) is 0.149. The van der Waals surface area contributed by atoms with Crippen molar-refractivity contribution >= 4 is 23.3 Å². The van der Waals surface area contributed by atoms with Gasteiger partial charge in [-0.05, 0) is 48.7 Å². The van der Waals surface area contributed by atoms with Gasteiger partial charge >= 0.3 is 5.97 Å². The highest BCUT2D eigenvalue weighted by Crippen LogP contribution is 2.44. The number of imidazole rings is 1. The molecule has 1 aliphatic heterocycles. The molecule has 0 bridgehead atoms. The molecule has 0 spiro atoms. The minimum Gasteiger partial charge on any atom is -0.465 e. The van der Waals surface area contributed by atoms with Crippen molar-refractivity contribution in [1.82, 2.24) is 15.3 Å². The zero-order valence-electron chi connectivity index (χ0n) is 22.1. The molecule has 5 rings (SSSR count). The number of dihydropyridines is 1. The lowest BCUT2D eigenvalue weighted by Gasteiger charge is -2.30. The maximum Gasteiger partial charge on any atom is 0.337 e. The van der Waals surface area contributed by atoms with Crippen molar-refractivity contribution < 1.29 is 18.9 Å². The molecule has 0 aliphatic carbocycles. The zero-order valence-corrected chi connectivity index (χ0v) is 22.1. The zero-order chi connectivity index (χ0) is 28.1. The fraction of sp³-hybridized carbons (Fsp3) is 0.161. The lowest BCUT2D eigenvalue weighted by molar-refractivity contribution is -0.384. The molecular formula is C31H28N4O5. The van der Waals surface area contributed by atoms with Crippen molar-refractivity contribution in [2.45, 2.75) is 26.2 Å². The van der Waals surface area contributed by atoms with Gasteiger partial charge in [-0.2, -0.15) is 0 Å². The first-order valence-electron chi connectivity index (χ1n) is 12.8. The van der Waals surface area contributed by atoms with Crippen LogP contribution in [0.3, 0.4) is 0 Å². The fourth-order valence-corrected chi connectivity index (χ4v) is 4.89. The van der Waals surface area contributed by atoms with Gasteiger partial charge in [0.05, 0.1) is 16.8 Å². The second kappa shape index (κ2) is 11.7. The summed E-state index contributed by atoms with van der Waals surface area (Å²) in [5, 5.41) is 14.8. The third-order valence-electron chi connectivity index (χ3n) is 6.71. The standard InChI is InChI=1S/C31H28N4O5/c1-20-28(26-9-5-16-39-26)30(24-7-3-8-25(19-24)35(37)38)29(21(2)34-20)31(36)40-17-4-6-22-10-12-23(13-11-22)18-27-32-14-15-33-27/h3-16,19,30,34H,17-18H2,1-2H3,(H,32,33). The number of allylic oxidation sites excluding steroid dienone is 3. The van der Waals surface area contributed by atoms with Crippen LogP contribution in [0.2, 0.25) is 0 Å². The van der Waals surface area contributed by atoms with Gasteiger partial charge in [-0.25, -0.2) is 9.78 Å². The smallest absolute Gasteiger partial charge is 0.337 e. The van der Waals surface area contributed by atoms with Crippen LogP contribution in [0.25, 0.3) is 11.6 Å². The van der Waals surface area contributed by atoms with E-state index in [0.717, 1.165) is 29.1 Å². The van der Waals surface area contributed by atoms with E-state index in [1.807, 2.05) is 37.3 Å². The predicted molar refractivity (Wildman–Crippen MR) is 151 cm³/mol. The van der Waals surface area contributed by atoms with Crippen LogP contribution in [0.5, 0.6) is 0 Å². The molecule has 2 aromatic heterocycles. The molecule has 0 saturated heterocycles. The number of nitrogens with zero attached hydrogens (tertiary/aromatic N) is 2. The Hall–Kier alpha value is -5.18. The summed E-state index contributed by atoms with van der Waals surface area (Å²) in [5.74, 6) is 0.331. The van der Waals surface area contributed by atoms with E-state index in [1.54, 1.807) is 55.9 Å². The summed E-state index contributed by atoms with van der Waals surface area (Å²) >= 11 is 0. The minimum atomic E-state index is -0.620. The second-order valence-electron chi connectivity index (χ2n) is 9.42. The molecule has 2 N–H and O–H groups in total. The molecule has 0 saturated carbocycles. The number of nitro benzene ring substituents is 1. The van der Waals surface area contributed by atoms with E-state index < -0.39 is 16.8 Å². The predicted octanol–water partition coefficient (Wildman–Crippen LogP) is 6.15. The second-order valence-corrected chi connectivity index (χ2v) is 9.42. The Morgan fingerprint density at radius 3 is 2.65 bits per heavy atom. The minimum absolute atomic E-state index is 0.0593. The fourth-order valence-electron chi connectivity index (χ4n) is 4.89. The summed E-state index contributed by atoms with van der Waals surface area (Å²) in [6.45, 7) is 3.74. The van der Waals surface area contributed by atoms with Crippen molar-refractivity contribution in [2.75, 3.05) is 6.61 Å². The summed E-state index contributed by atoms with van der Waals surface area (Å²) in [7, 11) is 0. The molecule has 0 fully saturated rings. The van der Waals surface area contributed by atoms with Crippen LogP contribution in [0.4, 0.5) is 5.69 Å². The van der Waals surface area contributed by atoms with Gasteiger partial charge in [0.1, 0.15) is 18.2 Å². The van der Waals surface area contributed by atoms with Gasteiger partial charge in [0.25, 0.3) is 5.69 Å². The van der Waals surface area contributed by atoms with Crippen molar-refractivity contribution in [3.63, 3.8) is 0 Å². The number of aromatic amines is 1. The molecule has 202 valence electrons. The molecule has 0 radical (unpaired) electrons. The number of esters is 1. The number of ether oxygens (including phenoxy) is 1. The van der Waals surface area contributed by atoms with Gasteiger partial charge in [0.15, 0.2) is 0 Å². The van der Waals surface area contributed by atoms with Gasteiger partial charge in [-0.3, -0.25) is 10.1 Å². The highest BCUT2D eigenvalue weighted by Gasteiger charge is 2.36. The van der Waals surface area contributed by atoms with Crippen LogP contribution in [0.1, 0.15) is 48.0 Å². The van der Waals surface area contributed by atoms with E-state index in [9.17, 15) is 14.9 Å². The number of nitro groups is 1. The van der Waals surface area contributed by atoms with Gasteiger partial charge in [0, 0.05) is 53.8 Å². The van der Waals surface area contributed by atoms with Crippen LogP contribution >= 0.6 is 0 Å².